The summed E-state index contributed by atoms with van der Waals surface area (Å²) in [5, 5.41) is 20.1. The van der Waals surface area contributed by atoms with E-state index in [0.717, 1.165) is 44.4 Å². The highest BCUT2D eigenvalue weighted by Crippen LogP contribution is 2.46. The van der Waals surface area contributed by atoms with Crippen molar-refractivity contribution in [3.8, 4) is 6.07 Å². The third-order valence-electron chi connectivity index (χ3n) is 5.21. The van der Waals surface area contributed by atoms with E-state index in [-0.39, 0.29) is 6.10 Å². The van der Waals surface area contributed by atoms with Crippen molar-refractivity contribution in [1.82, 2.24) is 0 Å². The zero-order valence-corrected chi connectivity index (χ0v) is 11.0. The Bertz CT molecular complexity index is 280. The molecule has 0 aromatic heterocycles. The van der Waals surface area contributed by atoms with Crippen LogP contribution in [0.4, 0.5) is 0 Å². The van der Waals surface area contributed by atoms with Crippen LogP contribution < -0.4 is 0 Å². The second kappa shape index (κ2) is 5.40. The highest BCUT2D eigenvalue weighted by Gasteiger charge is 2.45. The summed E-state index contributed by atoms with van der Waals surface area (Å²) < 4.78 is 0. The van der Waals surface area contributed by atoms with Gasteiger partial charge in [0.05, 0.1) is 17.6 Å². The van der Waals surface area contributed by atoms with E-state index in [1.165, 1.54) is 19.3 Å². The van der Waals surface area contributed by atoms with Gasteiger partial charge < -0.3 is 5.11 Å². The molecule has 0 saturated heterocycles. The standard InChI is InChI=1S/C15H25NO/c1-2-12-7-9-15(11-16,10-8-12)14(17)13-5-3-4-6-13/h12-14,17H,2-10H2,1H3. The van der Waals surface area contributed by atoms with Crippen LogP contribution in [0, 0.1) is 28.6 Å². The normalized spacial score (nSPS) is 36.6. The Morgan fingerprint density at radius 3 is 2.29 bits per heavy atom. The molecule has 1 N–H and O–H groups in total. The Labute approximate surface area is 105 Å². The summed E-state index contributed by atoms with van der Waals surface area (Å²) in [7, 11) is 0. The van der Waals surface area contributed by atoms with Crippen LogP contribution in [0.3, 0.4) is 0 Å². The van der Waals surface area contributed by atoms with Gasteiger partial charge in [-0.1, -0.05) is 26.2 Å². The lowest BCUT2D eigenvalue weighted by atomic mass is 9.65. The molecule has 96 valence electrons. The summed E-state index contributed by atoms with van der Waals surface area (Å²) in [6.45, 7) is 2.23. The second-order valence-corrected chi connectivity index (χ2v) is 6.11. The zero-order chi connectivity index (χ0) is 12.3. The van der Waals surface area contributed by atoms with Crippen LogP contribution in [-0.2, 0) is 0 Å². The van der Waals surface area contributed by atoms with Crippen molar-refractivity contribution in [3.63, 3.8) is 0 Å². The van der Waals surface area contributed by atoms with Crippen LogP contribution in [0.5, 0.6) is 0 Å². The number of nitriles is 1. The van der Waals surface area contributed by atoms with Crippen LogP contribution >= 0.6 is 0 Å². The van der Waals surface area contributed by atoms with Crippen LogP contribution in [0.2, 0.25) is 0 Å². The van der Waals surface area contributed by atoms with E-state index in [1.54, 1.807) is 0 Å². The first-order valence-corrected chi connectivity index (χ1v) is 7.31. The molecular formula is C15H25NO. The first-order valence-electron chi connectivity index (χ1n) is 7.31. The summed E-state index contributed by atoms with van der Waals surface area (Å²) in [6.07, 6.45) is 9.68. The lowest BCUT2D eigenvalue weighted by molar-refractivity contribution is -0.0137. The molecule has 2 rings (SSSR count). The minimum atomic E-state index is -0.416. The van der Waals surface area contributed by atoms with Gasteiger partial charge in [0, 0.05) is 0 Å². The van der Waals surface area contributed by atoms with Crippen molar-refractivity contribution in [1.29, 1.82) is 5.26 Å². The predicted molar refractivity (Wildman–Crippen MR) is 68.3 cm³/mol. The van der Waals surface area contributed by atoms with Crippen LogP contribution in [0.1, 0.15) is 64.7 Å². The molecule has 0 aliphatic heterocycles. The fraction of sp³-hybridized carbons (Fsp3) is 0.933. The molecule has 2 nitrogen and oxygen atoms in total. The van der Waals surface area contributed by atoms with Gasteiger partial charge in [-0.15, -0.1) is 0 Å². The first kappa shape index (κ1) is 12.9. The molecule has 1 atom stereocenters. The number of nitrogens with zero attached hydrogens (tertiary/aromatic N) is 1. The molecule has 0 spiro atoms. The fourth-order valence-corrected chi connectivity index (χ4v) is 3.80. The topological polar surface area (TPSA) is 44.0 Å². The summed E-state index contributed by atoms with van der Waals surface area (Å²) in [4.78, 5) is 0. The third kappa shape index (κ3) is 2.50. The fourth-order valence-electron chi connectivity index (χ4n) is 3.80. The Morgan fingerprint density at radius 1 is 1.24 bits per heavy atom. The van der Waals surface area contributed by atoms with Crippen molar-refractivity contribution in [2.75, 3.05) is 0 Å². The monoisotopic (exact) mass is 235 g/mol. The van der Waals surface area contributed by atoms with Gasteiger partial charge in [-0.25, -0.2) is 0 Å². The van der Waals surface area contributed by atoms with Gasteiger partial charge in [-0.2, -0.15) is 5.26 Å². The van der Waals surface area contributed by atoms with Crippen LogP contribution in [0.25, 0.3) is 0 Å². The highest BCUT2D eigenvalue weighted by molar-refractivity contribution is 5.07. The van der Waals surface area contributed by atoms with Crippen molar-refractivity contribution in [2.24, 2.45) is 17.3 Å². The van der Waals surface area contributed by atoms with Gasteiger partial charge in [0.15, 0.2) is 0 Å². The van der Waals surface area contributed by atoms with Gasteiger partial charge in [-0.05, 0) is 50.4 Å². The molecule has 2 aliphatic rings. The van der Waals surface area contributed by atoms with Gasteiger partial charge >= 0.3 is 0 Å². The lowest BCUT2D eigenvalue weighted by Crippen LogP contribution is -2.41. The quantitative estimate of drug-likeness (QED) is 0.811. The lowest BCUT2D eigenvalue weighted by Gasteiger charge is -2.40. The van der Waals surface area contributed by atoms with Crippen molar-refractivity contribution in [3.05, 3.63) is 0 Å². The maximum absolute atomic E-state index is 10.6. The molecule has 0 radical (unpaired) electrons. The number of aliphatic hydroxyl groups excluding tert-OH is 1. The average Bonchev–Trinajstić information content (AvgIpc) is 2.92. The Kier molecular flexibility index (Phi) is 4.09. The molecule has 0 bridgehead atoms. The summed E-state index contributed by atoms with van der Waals surface area (Å²) >= 11 is 0. The molecule has 2 saturated carbocycles. The molecule has 1 unspecified atom stereocenters. The SMILES string of the molecule is CCC1CCC(C#N)(C(O)C2CCCC2)CC1. The number of aliphatic hydroxyl groups is 1. The smallest absolute Gasteiger partial charge is 0.0835 e. The van der Waals surface area contributed by atoms with Gasteiger partial charge in [0.1, 0.15) is 0 Å². The van der Waals surface area contributed by atoms with Crippen molar-refractivity contribution >= 4 is 0 Å². The highest BCUT2D eigenvalue weighted by atomic mass is 16.3. The molecule has 2 aliphatic carbocycles. The number of hydrogen-bond acceptors (Lipinski definition) is 2. The van der Waals surface area contributed by atoms with E-state index in [2.05, 4.69) is 13.0 Å². The molecule has 2 heteroatoms. The van der Waals surface area contributed by atoms with Gasteiger partial charge in [0.2, 0.25) is 0 Å². The van der Waals surface area contributed by atoms with E-state index in [9.17, 15) is 10.4 Å². The summed E-state index contributed by atoms with van der Waals surface area (Å²) in [6, 6.07) is 2.49. The minimum absolute atomic E-state index is 0.368. The molecule has 0 amide bonds. The summed E-state index contributed by atoms with van der Waals surface area (Å²) in [5.74, 6) is 1.18. The van der Waals surface area contributed by atoms with Crippen LogP contribution in [-0.4, -0.2) is 11.2 Å². The molecule has 2 fully saturated rings. The largest absolute Gasteiger partial charge is 0.391 e. The Balaban J connectivity index is 2.02. The number of hydrogen-bond donors (Lipinski definition) is 1. The Hall–Kier alpha value is -0.550. The van der Waals surface area contributed by atoms with Crippen molar-refractivity contribution in [2.45, 2.75) is 70.8 Å². The van der Waals surface area contributed by atoms with E-state index in [4.69, 9.17) is 0 Å². The molecule has 0 heterocycles. The number of rotatable bonds is 3. The summed E-state index contributed by atoms with van der Waals surface area (Å²) in [5.41, 5.74) is -0.416. The molecule has 17 heavy (non-hydrogen) atoms. The molecule has 0 aromatic rings. The molecule has 0 aromatic carbocycles. The average molecular weight is 235 g/mol. The third-order valence-corrected chi connectivity index (χ3v) is 5.21. The van der Waals surface area contributed by atoms with E-state index in [0.29, 0.717) is 5.92 Å². The van der Waals surface area contributed by atoms with E-state index >= 15 is 0 Å². The minimum Gasteiger partial charge on any atom is -0.391 e. The second-order valence-electron chi connectivity index (χ2n) is 6.11. The van der Waals surface area contributed by atoms with Gasteiger partial charge in [-0.3, -0.25) is 0 Å². The van der Waals surface area contributed by atoms with Crippen molar-refractivity contribution < 1.29 is 5.11 Å². The van der Waals surface area contributed by atoms with E-state index < -0.39 is 5.41 Å². The Morgan fingerprint density at radius 2 is 1.82 bits per heavy atom. The maximum Gasteiger partial charge on any atom is 0.0835 e. The predicted octanol–water partition coefficient (Wildman–Crippen LogP) is 3.65. The molecular weight excluding hydrogens is 210 g/mol. The zero-order valence-electron chi connectivity index (χ0n) is 11.0. The van der Waals surface area contributed by atoms with E-state index in [1.807, 2.05) is 0 Å². The van der Waals surface area contributed by atoms with Crippen LogP contribution in [0.15, 0.2) is 0 Å². The van der Waals surface area contributed by atoms with Gasteiger partial charge in [0.25, 0.3) is 0 Å². The first-order chi connectivity index (χ1) is 8.22. The maximum atomic E-state index is 10.6.